The minimum absolute atomic E-state index is 0.00500. The van der Waals surface area contributed by atoms with Gasteiger partial charge in [-0.25, -0.2) is 8.78 Å². The van der Waals surface area contributed by atoms with Crippen molar-refractivity contribution in [2.45, 2.75) is 38.1 Å². The number of halogens is 2. The number of amides is 1. The molecule has 1 aliphatic carbocycles. The van der Waals surface area contributed by atoms with Crippen molar-refractivity contribution in [3.05, 3.63) is 29.8 Å². The molecule has 0 saturated heterocycles. The quantitative estimate of drug-likeness (QED) is 0.849. The Morgan fingerprint density at radius 2 is 1.95 bits per heavy atom. The summed E-state index contributed by atoms with van der Waals surface area (Å²) in [5.41, 5.74) is 0.233. The Bertz CT molecular complexity index is 505. The number of carbonyl (C=O) groups excluding carboxylic acids is 1. The Hall–Kier alpha value is -1.53. The van der Waals surface area contributed by atoms with E-state index in [2.05, 4.69) is 5.32 Å². The second-order valence-electron chi connectivity index (χ2n) is 5.66. The highest BCUT2D eigenvalue weighted by Gasteiger charge is 2.22. The third-order valence-electron chi connectivity index (χ3n) is 4.03. The van der Waals surface area contributed by atoms with E-state index in [0.29, 0.717) is 12.6 Å². The Morgan fingerprint density at radius 1 is 1.23 bits per heavy atom. The average molecular weight is 312 g/mol. The van der Waals surface area contributed by atoms with Gasteiger partial charge < -0.3 is 10.4 Å². The van der Waals surface area contributed by atoms with E-state index in [4.69, 9.17) is 0 Å². The Balaban J connectivity index is 1.93. The molecule has 1 aromatic rings. The van der Waals surface area contributed by atoms with Crippen molar-refractivity contribution >= 4 is 11.6 Å². The maximum absolute atomic E-state index is 13.1. The van der Waals surface area contributed by atoms with E-state index in [-0.39, 0.29) is 24.7 Å². The van der Waals surface area contributed by atoms with E-state index in [1.165, 1.54) is 12.5 Å². The van der Waals surface area contributed by atoms with Crippen LogP contribution in [0, 0.1) is 11.6 Å². The van der Waals surface area contributed by atoms with Crippen molar-refractivity contribution in [2.75, 3.05) is 25.0 Å². The van der Waals surface area contributed by atoms with Gasteiger partial charge in [-0.2, -0.15) is 0 Å². The summed E-state index contributed by atoms with van der Waals surface area (Å²) in [6, 6.07) is 3.58. The molecule has 6 heteroatoms. The van der Waals surface area contributed by atoms with Crippen LogP contribution < -0.4 is 5.32 Å². The molecule has 4 nitrogen and oxygen atoms in total. The van der Waals surface area contributed by atoms with E-state index in [1.54, 1.807) is 0 Å². The number of hydrogen-bond donors (Lipinski definition) is 2. The molecule has 0 aromatic heterocycles. The van der Waals surface area contributed by atoms with Crippen LogP contribution in [-0.4, -0.2) is 41.7 Å². The summed E-state index contributed by atoms with van der Waals surface area (Å²) >= 11 is 0. The van der Waals surface area contributed by atoms with Gasteiger partial charge in [0.15, 0.2) is 11.6 Å². The third kappa shape index (κ3) is 4.74. The van der Waals surface area contributed by atoms with Crippen LogP contribution in [0.15, 0.2) is 18.2 Å². The maximum atomic E-state index is 13.1. The molecule has 2 N–H and O–H groups in total. The monoisotopic (exact) mass is 312 g/mol. The van der Waals surface area contributed by atoms with Crippen LogP contribution in [0.25, 0.3) is 0 Å². The average Bonchev–Trinajstić information content (AvgIpc) is 2.51. The van der Waals surface area contributed by atoms with Crippen LogP contribution in [0.1, 0.15) is 32.1 Å². The molecule has 0 heterocycles. The van der Waals surface area contributed by atoms with Gasteiger partial charge in [0.05, 0.1) is 13.2 Å². The lowest BCUT2D eigenvalue weighted by Gasteiger charge is -2.33. The van der Waals surface area contributed by atoms with Crippen molar-refractivity contribution < 1.29 is 18.7 Å². The minimum Gasteiger partial charge on any atom is -0.395 e. The molecule has 122 valence electrons. The number of anilines is 1. The van der Waals surface area contributed by atoms with E-state index in [9.17, 15) is 18.7 Å². The van der Waals surface area contributed by atoms with Gasteiger partial charge >= 0.3 is 0 Å². The lowest BCUT2D eigenvalue weighted by molar-refractivity contribution is -0.118. The van der Waals surface area contributed by atoms with Gasteiger partial charge in [0.2, 0.25) is 5.91 Å². The fraction of sp³-hybridized carbons (Fsp3) is 0.562. The first-order valence-corrected chi connectivity index (χ1v) is 7.70. The molecule has 1 aromatic carbocycles. The van der Waals surface area contributed by atoms with Gasteiger partial charge in [0, 0.05) is 24.3 Å². The van der Waals surface area contributed by atoms with Crippen molar-refractivity contribution in [3.8, 4) is 0 Å². The van der Waals surface area contributed by atoms with Crippen LogP contribution in [0.4, 0.5) is 14.5 Å². The summed E-state index contributed by atoms with van der Waals surface area (Å²) in [7, 11) is 0. The number of rotatable bonds is 6. The number of benzene rings is 1. The maximum Gasteiger partial charge on any atom is 0.238 e. The summed E-state index contributed by atoms with van der Waals surface area (Å²) in [5, 5.41) is 11.7. The number of nitrogens with one attached hydrogen (secondary N) is 1. The molecule has 22 heavy (non-hydrogen) atoms. The van der Waals surface area contributed by atoms with Crippen LogP contribution in [0.2, 0.25) is 0 Å². The van der Waals surface area contributed by atoms with Crippen molar-refractivity contribution in [1.29, 1.82) is 0 Å². The van der Waals surface area contributed by atoms with Gasteiger partial charge in [-0.1, -0.05) is 19.3 Å². The molecule has 0 unspecified atom stereocenters. The summed E-state index contributed by atoms with van der Waals surface area (Å²) in [4.78, 5) is 14.1. The zero-order valence-electron chi connectivity index (χ0n) is 12.5. The molecular weight excluding hydrogens is 290 g/mol. The molecule has 1 saturated carbocycles. The molecule has 0 radical (unpaired) electrons. The van der Waals surface area contributed by atoms with Crippen molar-refractivity contribution in [1.82, 2.24) is 4.90 Å². The zero-order valence-corrected chi connectivity index (χ0v) is 12.5. The van der Waals surface area contributed by atoms with E-state index >= 15 is 0 Å². The highest BCUT2D eigenvalue weighted by Crippen LogP contribution is 2.22. The highest BCUT2D eigenvalue weighted by molar-refractivity contribution is 5.92. The minimum atomic E-state index is -0.989. The lowest BCUT2D eigenvalue weighted by atomic mass is 9.94. The predicted molar refractivity (Wildman–Crippen MR) is 80.5 cm³/mol. The molecule has 1 amide bonds. The van der Waals surface area contributed by atoms with Crippen molar-refractivity contribution in [3.63, 3.8) is 0 Å². The topological polar surface area (TPSA) is 52.6 Å². The molecule has 2 rings (SSSR count). The molecule has 0 atom stereocenters. The first-order valence-electron chi connectivity index (χ1n) is 7.70. The van der Waals surface area contributed by atoms with E-state index in [1.807, 2.05) is 4.90 Å². The zero-order chi connectivity index (χ0) is 15.9. The fourth-order valence-electron chi connectivity index (χ4n) is 2.92. The number of aliphatic hydroxyl groups excluding tert-OH is 1. The third-order valence-corrected chi connectivity index (χ3v) is 4.03. The first-order chi connectivity index (χ1) is 10.6. The highest BCUT2D eigenvalue weighted by atomic mass is 19.2. The van der Waals surface area contributed by atoms with Crippen LogP contribution in [0.3, 0.4) is 0 Å². The number of aliphatic hydroxyl groups is 1. The second-order valence-corrected chi connectivity index (χ2v) is 5.66. The Morgan fingerprint density at radius 3 is 2.59 bits per heavy atom. The summed E-state index contributed by atoms with van der Waals surface area (Å²) in [6.07, 6.45) is 5.54. The van der Waals surface area contributed by atoms with Crippen LogP contribution >= 0.6 is 0 Å². The van der Waals surface area contributed by atoms with Crippen LogP contribution in [-0.2, 0) is 4.79 Å². The molecule has 0 spiro atoms. The molecular formula is C16H22F2N2O2. The van der Waals surface area contributed by atoms with E-state index < -0.39 is 11.6 Å². The van der Waals surface area contributed by atoms with Crippen LogP contribution in [0.5, 0.6) is 0 Å². The first kappa shape index (κ1) is 16.8. The summed E-state index contributed by atoms with van der Waals surface area (Å²) in [6.45, 7) is 0.578. The second kappa shape index (κ2) is 8.19. The smallest absolute Gasteiger partial charge is 0.238 e. The van der Waals surface area contributed by atoms with Gasteiger partial charge in [-0.3, -0.25) is 9.69 Å². The number of hydrogen-bond acceptors (Lipinski definition) is 3. The molecule has 1 fully saturated rings. The van der Waals surface area contributed by atoms with E-state index in [0.717, 1.165) is 37.8 Å². The number of nitrogens with zero attached hydrogens (tertiary/aromatic N) is 1. The summed E-state index contributed by atoms with van der Waals surface area (Å²) < 4.78 is 26.0. The normalized spacial score (nSPS) is 16.0. The lowest BCUT2D eigenvalue weighted by Crippen LogP contribution is -2.43. The largest absolute Gasteiger partial charge is 0.395 e. The van der Waals surface area contributed by atoms with Crippen molar-refractivity contribution in [2.24, 2.45) is 0 Å². The fourth-order valence-corrected chi connectivity index (χ4v) is 2.92. The number of carbonyl (C=O) groups is 1. The van der Waals surface area contributed by atoms with Gasteiger partial charge in [0.25, 0.3) is 0 Å². The summed E-state index contributed by atoms with van der Waals surface area (Å²) in [5.74, 6) is -2.22. The molecule has 1 aliphatic rings. The van der Waals surface area contributed by atoms with Gasteiger partial charge in [-0.05, 0) is 25.0 Å². The Kier molecular flexibility index (Phi) is 6.27. The predicted octanol–water partition coefficient (Wildman–Crippen LogP) is 2.53. The molecule has 0 aliphatic heterocycles. The standard InChI is InChI=1S/C16H22F2N2O2/c17-14-7-6-12(10-15(14)18)19-16(22)11-20(8-9-21)13-4-2-1-3-5-13/h6-7,10,13,21H,1-5,8-9,11H2,(H,19,22). The molecule has 0 bridgehead atoms. The SMILES string of the molecule is O=C(CN(CCO)C1CCCCC1)Nc1ccc(F)c(F)c1. The van der Waals surface area contributed by atoms with Gasteiger partial charge in [0.1, 0.15) is 0 Å². The van der Waals surface area contributed by atoms with Gasteiger partial charge in [-0.15, -0.1) is 0 Å². The Labute approximate surface area is 129 Å².